The third kappa shape index (κ3) is 3.17. The van der Waals surface area contributed by atoms with Crippen LogP contribution in [0.4, 0.5) is 11.4 Å². The van der Waals surface area contributed by atoms with Crippen molar-refractivity contribution in [3.05, 3.63) is 59.2 Å². The van der Waals surface area contributed by atoms with Crippen molar-refractivity contribution in [1.29, 1.82) is 5.26 Å². The van der Waals surface area contributed by atoms with Gasteiger partial charge in [-0.3, -0.25) is 0 Å². The predicted molar refractivity (Wildman–Crippen MR) is 88.1 cm³/mol. The summed E-state index contributed by atoms with van der Waals surface area (Å²) < 4.78 is 0. The first-order valence-corrected chi connectivity index (χ1v) is 7.14. The summed E-state index contributed by atoms with van der Waals surface area (Å²) in [6.07, 6.45) is 0. The molecule has 2 aromatic rings. The highest BCUT2D eigenvalue weighted by molar-refractivity contribution is 5.65. The Morgan fingerprint density at radius 3 is 2.48 bits per heavy atom. The average Bonchev–Trinajstić information content (AvgIpc) is 2.46. The van der Waals surface area contributed by atoms with Gasteiger partial charge in [-0.1, -0.05) is 30.3 Å². The predicted octanol–water partition coefficient (Wildman–Crippen LogP) is 3.86. The summed E-state index contributed by atoms with van der Waals surface area (Å²) in [5, 5.41) is 9.39. The lowest BCUT2D eigenvalue weighted by molar-refractivity contribution is 0.680. The summed E-state index contributed by atoms with van der Waals surface area (Å²) in [6, 6.07) is 16.3. The lowest BCUT2D eigenvalue weighted by Gasteiger charge is -2.31. The topological polar surface area (TPSA) is 53.0 Å². The minimum atomic E-state index is 0.276. The van der Waals surface area contributed by atoms with E-state index in [1.807, 2.05) is 49.4 Å². The minimum Gasteiger partial charge on any atom is -0.398 e. The Kier molecular flexibility index (Phi) is 4.49. The van der Waals surface area contributed by atoms with E-state index in [0.29, 0.717) is 12.1 Å². The van der Waals surface area contributed by atoms with Crippen LogP contribution in [0.25, 0.3) is 0 Å². The molecule has 21 heavy (non-hydrogen) atoms. The van der Waals surface area contributed by atoms with Crippen molar-refractivity contribution in [1.82, 2.24) is 0 Å². The molecule has 0 saturated heterocycles. The standard InChI is InChI=1S/C18H21N3/c1-13(2)21(12-16-8-4-5-10-17(16)20)18-14(3)7-6-9-15(18)11-19/h4-10,13H,12,20H2,1-3H3. The second-order valence-corrected chi connectivity index (χ2v) is 5.50. The van der Waals surface area contributed by atoms with Crippen LogP contribution in [-0.4, -0.2) is 6.04 Å². The largest absolute Gasteiger partial charge is 0.398 e. The Morgan fingerprint density at radius 1 is 1.14 bits per heavy atom. The molecule has 2 N–H and O–H groups in total. The van der Waals surface area contributed by atoms with Crippen LogP contribution in [0.15, 0.2) is 42.5 Å². The summed E-state index contributed by atoms with van der Waals surface area (Å²) in [7, 11) is 0. The zero-order valence-corrected chi connectivity index (χ0v) is 12.8. The number of hydrogen-bond donors (Lipinski definition) is 1. The van der Waals surface area contributed by atoms with Gasteiger partial charge in [-0.2, -0.15) is 5.26 Å². The van der Waals surface area contributed by atoms with Gasteiger partial charge in [-0.05, 0) is 44.0 Å². The molecule has 0 aliphatic heterocycles. The molecule has 0 aliphatic rings. The van der Waals surface area contributed by atoms with Crippen LogP contribution in [0, 0.1) is 18.3 Å². The van der Waals surface area contributed by atoms with Gasteiger partial charge in [0.05, 0.1) is 11.3 Å². The second-order valence-electron chi connectivity index (χ2n) is 5.50. The van der Waals surface area contributed by atoms with E-state index in [1.54, 1.807) is 0 Å². The van der Waals surface area contributed by atoms with Gasteiger partial charge in [0.25, 0.3) is 0 Å². The molecule has 108 valence electrons. The molecule has 2 aromatic carbocycles. The van der Waals surface area contributed by atoms with Crippen LogP contribution >= 0.6 is 0 Å². The van der Waals surface area contributed by atoms with Crippen molar-refractivity contribution in [2.24, 2.45) is 0 Å². The fraction of sp³-hybridized carbons (Fsp3) is 0.278. The summed E-state index contributed by atoms with van der Waals surface area (Å²) in [6.45, 7) is 7.00. The van der Waals surface area contributed by atoms with E-state index in [1.165, 1.54) is 0 Å². The first kappa shape index (κ1) is 14.9. The number of aryl methyl sites for hydroxylation is 1. The number of anilines is 2. The molecule has 0 spiro atoms. The Bertz CT molecular complexity index is 668. The van der Waals surface area contributed by atoms with Crippen molar-refractivity contribution in [2.45, 2.75) is 33.4 Å². The highest BCUT2D eigenvalue weighted by Crippen LogP contribution is 2.29. The number of rotatable bonds is 4. The van der Waals surface area contributed by atoms with Crippen LogP contribution in [0.1, 0.15) is 30.5 Å². The molecule has 0 heterocycles. The average molecular weight is 279 g/mol. The lowest BCUT2D eigenvalue weighted by Crippen LogP contribution is -2.31. The van der Waals surface area contributed by atoms with Crippen LogP contribution in [0.3, 0.4) is 0 Å². The molecule has 0 amide bonds. The fourth-order valence-corrected chi connectivity index (χ4v) is 2.51. The van der Waals surface area contributed by atoms with E-state index in [0.717, 1.165) is 22.5 Å². The van der Waals surface area contributed by atoms with Crippen molar-refractivity contribution >= 4 is 11.4 Å². The SMILES string of the molecule is Cc1cccc(C#N)c1N(Cc1ccccc1N)C(C)C. The van der Waals surface area contributed by atoms with Crippen molar-refractivity contribution in [3.63, 3.8) is 0 Å². The maximum atomic E-state index is 9.39. The molecule has 0 atom stereocenters. The molecule has 0 bridgehead atoms. The van der Waals surface area contributed by atoms with E-state index in [-0.39, 0.29) is 6.04 Å². The van der Waals surface area contributed by atoms with E-state index in [4.69, 9.17) is 5.73 Å². The molecule has 3 nitrogen and oxygen atoms in total. The molecule has 0 unspecified atom stereocenters. The summed E-state index contributed by atoms with van der Waals surface area (Å²) in [5.74, 6) is 0. The molecule has 0 fully saturated rings. The molecule has 3 heteroatoms. The number of nitrogens with zero attached hydrogens (tertiary/aromatic N) is 2. The maximum absolute atomic E-state index is 9.39. The quantitative estimate of drug-likeness (QED) is 0.864. The van der Waals surface area contributed by atoms with Gasteiger partial charge in [0.15, 0.2) is 0 Å². The Labute approximate surface area is 126 Å². The van der Waals surface area contributed by atoms with Gasteiger partial charge in [-0.25, -0.2) is 0 Å². The molecule has 0 saturated carbocycles. The zero-order chi connectivity index (χ0) is 15.4. The number of benzene rings is 2. The molecular formula is C18H21N3. The first-order chi connectivity index (χ1) is 10.0. The Hall–Kier alpha value is -2.47. The Balaban J connectivity index is 2.47. The lowest BCUT2D eigenvalue weighted by atomic mass is 10.0. The third-order valence-corrected chi connectivity index (χ3v) is 3.66. The van der Waals surface area contributed by atoms with Crippen LogP contribution in [0.5, 0.6) is 0 Å². The number of nitrogen functional groups attached to an aromatic ring is 1. The number of nitriles is 1. The van der Waals surface area contributed by atoms with Crippen LogP contribution in [-0.2, 0) is 6.54 Å². The summed E-state index contributed by atoms with van der Waals surface area (Å²) >= 11 is 0. The normalized spacial score (nSPS) is 10.4. The van der Waals surface area contributed by atoms with Crippen molar-refractivity contribution in [2.75, 3.05) is 10.6 Å². The molecule has 0 aromatic heterocycles. The highest BCUT2D eigenvalue weighted by atomic mass is 15.2. The van der Waals surface area contributed by atoms with Gasteiger partial charge in [-0.15, -0.1) is 0 Å². The molecule has 0 radical (unpaired) electrons. The smallest absolute Gasteiger partial charge is 0.101 e. The van der Waals surface area contributed by atoms with Crippen molar-refractivity contribution in [3.8, 4) is 6.07 Å². The first-order valence-electron chi connectivity index (χ1n) is 7.14. The number of nitrogens with two attached hydrogens (primary N) is 1. The molecule has 2 rings (SSSR count). The second kappa shape index (κ2) is 6.32. The summed E-state index contributed by atoms with van der Waals surface area (Å²) in [4.78, 5) is 2.24. The zero-order valence-electron chi connectivity index (χ0n) is 12.8. The van der Waals surface area contributed by atoms with Crippen molar-refractivity contribution < 1.29 is 0 Å². The van der Waals surface area contributed by atoms with Gasteiger partial charge < -0.3 is 10.6 Å². The van der Waals surface area contributed by atoms with Gasteiger partial charge in [0.1, 0.15) is 6.07 Å². The third-order valence-electron chi connectivity index (χ3n) is 3.66. The molecular weight excluding hydrogens is 258 g/mol. The van der Waals surface area contributed by atoms with E-state index >= 15 is 0 Å². The number of hydrogen-bond acceptors (Lipinski definition) is 3. The summed E-state index contributed by atoms with van der Waals surface area (Å²) in [5.41, 5.74) is 10.7. The van der Waals surface area contributed by atoms with E-state index in [2.05, 4.69) is 24.8 Å². The Morgan fingerprint density at radius 2 is 1.86 bits per heavy atom. The van der Waals surface area contributed by atoms with Gasteiger partial charge >= 0.3 is 0 Å². The van der Waals surface area contributed by atoms with E-state index < -0.39 is 0 Å². The maximum Gasteiger partial charge on any atom is 0.101 e. The van der Waals surface area contributed by atoms with Gasteiger partial charge in [0.2, 0.25) is 0 Å². The monoisotopic (exact) mass is 279 g/mol. The number of para-hydroxylation sites is 2. The minimum absolute atomic E-state index is 0.276. The van der Waals surface area contributed by atoms with Crippen LogP contribution < -0.4 is 10.6 Å². The fourth-order valence-electron chi connectivity index (χ4n) is 2.51. The van der Waals surface area contributed by atoms with E-state index in [9.17, 15) is 5.26 Å². The highest BCUT2D eigenvalue weighted by Gasteiger charge is 2.18. The van der Waals surface area contributed by atoms with Crippen LogP contribution in [0.2, 0.25) is 0 Å². The molecule has 0 aliphatic carbocycles. The van der Waals surface area contributed by atoms with Gasteiger partial charge in [0, 0.05) is 18.3 Å².